The molecule has 3 saturated heterocycles. The molecule has 1 spiro atoms. The van der Waals surface area contributed by atoms with E-state index in [-0.39, 0.29) is 41.0 Å². The normalized spacial score (nSPS) is 50.3. The Morgan fingerprint density at radius 1 is 0.762 bits per heavy atom. The van der Waals surface area contributed by atoms with Crippen LogP contribution in [0.15, 0.2) is 12.2 Å². The van der Waals surface area contributed by atoms with E-state index in [1.54, 1.807) is 6.92 Å². The Balaban J connectivity index is 1.17. The minimum absolute atomic E-state index is 0.0361. The molecule has 11 N–H and O–H groups in total. The maximum absolute atomic E-state index is 14.1. The number of hydrogen-bond donors (Lipinski definition) is 11. The maximum Gasteiger partial charge on any atom is 0.303 e. The summed E-state index contributed by atoms with van der Waals surface area (Å²) in [4.78, 5) is 25.3. The van der Waals surface area contributed by atoms with Gasteiger partial charge in [0.25, 0.3) is 0 Å². The third-order valence-electron chi connectivity index (χ3n) is 16.6. The van der Waals surface area contributed by atoms with Crippen LogP contribution >= 0.6 is 0 Å². The smallest absolute Gasteiger partial charge is 0.303 e. The monoisotopic (exact) mass is 901 g/mol. The fraction of sp³-hybridized carbons (Fsp3) is 0.909. The number of amides is 1. The Kier molecular flexibility index (Phi) is 14.5. The average Bonchev–Trinajstić information content (AvgIpc) is 3.44. The average molecular weight is 902 g/mol. The lowest BCUT2D eigenvalue weighted by Crippen LogP contribution is -2.67. The van der Waals surface area contributed by atoms with E-state index in [2.05, 4.69) is 25.7 Å². The van der Waals surface area contributed by atoms with Crippen LogP contribution in [0.25, 0.3) is 0 Å². The van der Waals surface area contributed by atoms with Gasteiger partial charge in [0.05, 0.1) is 37.6 Å². The highest BCUT2D eigenvalue weighted by Gasteiger charge is 2.69. The van der Waals surface area contributed by atoms with E-state index in [0.29, 0.717) is 32.1 Å². The summed E-state index contributed by atoms with van der Waals surface area (Å²) in [6.45, 7) is 10.3. The molecular formula is C44H71NO18. The van der Waals surface area contributed by atoms with Crippen molar-refractivity contribution in [3.8, 4) is 0 Å². The van der Waals surface area contributed by atoms with Gasteiger partial charge in [-0.05, 0) is 93.0 Å². The summed E-state index contributed by atoms with van der Waals surface area (Å²) in [5.74, 6) is -1.41. The number of rotatable bonds is 14. The molecule has 4 saturated carbocycles. The molecule has 19 heteroatoms. The predicted molar refractivity (Wildman–Crippen MR) is 217 cm³/mol. The van der Waals surface area contributed by atoms with E-state index < -0.39 is 129 Å². The molecule has 2 bridgehead atoms. The van der Waals surface area contributed by atoms with Crippen molar-refractivity contribution in [1.29, 1.82) is 0 Å². The number of carbonyl (C=O) groups is 2. The molecule has 7 fully saturated rings. The first-order chi connectivity index (χ1) is 29.7. The second-order valence-corrected chi connectivity index (χ2v) is 20.4. The number of aliphatic carboxylic acids is 1. The maximum atomic E-state index is 14.1. The molecule has 0 aromatic heterocycles. The first-order valence-electron chi connectivity index (χ1n) is 22.8. The first kappa shape index (κ1) is 49.0. The van der Waals surface area contributed by atoms with E-state index in [1.807, 2.05) is 6.92 Å². The lowest BCUT2D eigenvalue weighted by Gasteiger charge is -2.64. The number of carboxylic acid groups (broad SMARTS) is 1. The fourth-order valence-corrected chi connectivity index (χ4v) is 13.1. The number of nitrogens with one attached hydrogen (secondary N) is 1. The molecule has 63 heavy (non-hydrogen) atoms. The Morgan fingerprint density at radius 2 is 1.35 bits per heavy atom. The van der Waals surface area contributed by atoms with Crippen molar-refractivity contribution >= 4 is 11.9 Å². The van der Waals surface area contributed by atoms with Crippen molar-refractivity contribution < 1.29 is 89.1 Å². The Morgan fingerprint density at radius 3 is 2.00 bits per heavy atom. The van der Waals surface area contributed by atoms with Crippen molar-refractivity contribution in [2.45, 2.75) is 196 Å². The van der Waals surface area contributed by atoms with Crippen molar-refractivity contribution in [2.24, 2.45) is 34.0 Å². The predicted octanol–water partition coefficient (Wildman–Crippen LogP) is -0.812. The van der Waals surface area contributed by atoms with E-state index >= 15 is 0 Å². The summed E-state index contributed by atoms with van der Waals surface area (Å²) in [7, 11) is 0. The molecule has 19 nitrogen and oxygen atoms in total. The Labute approximate surface area is 367 Å². The number of aliphatic hydroxyl groups is 9. The van der Waals surface area contributed by atoms with Crippen LogP contribution in [-0.4, -0.2) is 180 Å². The molecule has 7 rings (SSSR count). The van der Waals surface area contributed by atoms with E-state index in [9.17, 15) is 60.7 Å². The second kappa shape index (κ2) is 18.6. The van der Waals surface area contributed by atoms with Crippen LogP contribution in [-0.2, 0) is 38.0 Å². The summed E-state index contributed by atoms with van der Waals surface area (Å²) in [5.41, 5.74) is -1.39. The van der Waals surface area contributed by atoms with Gasteiger partial charge in [-0.3, -0.25) is 9.59 Å². The summed E-state index contributed by atoms with van der Waals surface area (Å²) in [6.07, 6.45) is -15.4. The van der Waals surface area contributed by atoms with Crippen LogP contribution in [0, 0.1) is 34.0 Å². The van der Waals surface area contributed by atoms with Crippen LogP contribution in [0.4, 0.5) is 0 Å². The lowest BCUT2D eigenvalue weighted by atomic mass is 9.40. The van der Waals surface area contributed by atoms with Gasteiger partial charge in [0, 0.05) is 23.8 Å². The molecule has 0 aromatic rings. The van der Waals surface area contributed by atoms with E-state index in [0.717, 1.165) is 37.7 Å². The lowest BCUT2D eigenvalue weighted by molar-refractivity contribution is -0.398. The standard InChI is InChI=1S/C44H71NO18/c1-20-15-43-13-9-26-41(4,11-6-12-42(26,5)40(57)45-21(2)7-8-28(49)50)27(43)10-14-44(20,19-43)63-39-36(62-38-34(56)32(54)30(52)24(17-47)59-38)35(31(53)25(18-48)60-39)61-37-33(55)29(51)22(3)23(16-46)58-37/h21-27,29-39,46-48,51-56H,1,6-19H2,2-5H3,(H,45,57)(H,49,50)/t21?,22-,23-,24-,25-,26+,27+,29+,30-,31-,32+,33-,34-,35+,36-,37+,38+,39+,41-,42-,43-,44+/m1/s1. The molecule has 22 atom stereocenters. The van der Waals surface area contributed by atoms with Crippen LogP contribution in [0.3, 0.4) is 0 Å². The third kappa shape index (κ3) is 8.65. The number of carbonyl (C=O) groups excluding carboxylic acids is 1. The Hall–Kier alpha value is -1.92. The van der Waals surface area contributed by atoms with Gasteiger partial charge >= 0.3 is 5.97 Å². The summed E-state index contributed by atoms with van der Waals surface area (Å²) in [6, 6.07) is -0.292. The number of aliphatic hydroxyl groups excluding tert-OH is 9. The Bertz CT molecular complexity index is 1650. The van der Waals surface area contributed by atoms with Crippen molar-refractivity contribution in [3.63, 3.8) is 0 Å². The van der Waals surface area contributed by atoms with Gasteiger partial charge in [-0.2, -0.15) is 0 Å². The van der Waals surface area contributed by atoms with Gasteiger partial charge in [-0.15, -0.1) is 0 Å². The highest BCUT2D eigenvalue weighted by molar-refractivity contribution is 5.83. The molecule has 3 aliphatic heterocycles. The second-order valence-electron chi connectivity index (χ2n) is 20.4. The molecule has 360 valence electrons. The van der Waals surface area contributed by atoms with Crippen LogP contribution in [0.5, 0.6) is 0 Å². The van der Waals surface area contributed by atoms with E-state index in [4.69, 9.17) is 28.4 Å². The summed E-state index contributed by atoms with van der Waals surface area (Å²) < 4.78 is 37.5. The highest BCUT2D eigenvalue weighted by atomic mass is 16.8. The molecule has 1 unspecified atom stereocenters. The number of hydrogen-bond acceptors (Lipinski definition) is 17. The van der Waals surface area contributed by atoms with Crippen LogP contribution in [0.2, 0.25) is 0 Å². The highest BCUT2D eigenvalue weighted by Crippen LogP contribution is 2.73. The van der Waals surface area contributed by atoms with Gasteiger partial charge in [-0.25, -0.2) is 0 Å². The zero-order valence-corrected chi connectivity index (χ0v) is 36.7. The molecule has 0 aromatic carbocycles. The van der Waals surface area contributed by atoms with Crippen molar-refractivity contribution in [1.82, 2.24) is 5.32 Å². The largest absolute Gasteiger partial charge is 0.481 e. The van der Waals surface area contributed by atoms with Gasteiger partial charge < -0.3 is 84.8 Å². The molecule has 7 aliphatic rings. The minimum atomic E-state index is -1.89. The zero-order chi connectivity index (χ0) is 46.0. The van der Waals surface area contributed by atoms with E-state index in [1.165, 1.54) is 0 Å². The summed E-state index contributed by atoms with van der Waals surface area (Å²) >= 11 is 0. The van der Waals surface area contributed by atoms with Crippen molar-refractivity contribution in [2.75, 3.05) is 19.8 Å². The third-order valence-corrected chi connectivity index (χ3v) is 16.6. The zero-order valence-electron chi connectivity index (χ0n) is 36.7. The summed E-state index contributed by atoms with van der Waals surface area (Å²) in [5, 5.41) is 109. The van der Waals surface area contributed by atoms with Gasteiger partial charge in [0.1, 0.15) is 54.9 Å². The fourth-order valence-electron chi connectivity index (χ4n) is 13.1. The van der Waals surface area contributed by atoms with Gasteiger partial charge in [0.2, 0.25) is 5.91 Å². The molecule has 1 amide bonds. The van der Waals surface area contributed by atoms with Crippen LogP contribution < -0.4 is 5.32 Å². The quantitative estimate of drug-likeness (QED) is 0.0750. The number of fused-ring (bicyclic) bond motifs is 3. The molecule has 4 aliphatic carbocycles. The SMILES string of the molecule is C=C1C[C@@]23CC[C@H]4[C@@](C)(CCC[C@@]4(C)C(=O)NC(C)CCC(=O)O)[C@@H]2CC[C@]1(O[C@@H]1O[C@H](CO)[C@@H](O)[C@H](O[C@@H]2O[C@H](CO)[C@@H](C)[C@H](O)[C@H]2O)[C@H]1O[C@@H]1O[C@H](CO)[C@@H](O)[C@H](O)[C@H]1O)C3. The van der Waals surface area contributed by atoms with Gasteiger partial charge in [-0.1, -0.05) is 33.8 Å². The first-order valence-corrected chi connectivity index (χ1v) is 22.8. The van der Waals surface area contributed by atoms with Crippen LogP contribution in [0.1, 0.15) is 98.3 Å². The molecule has 3 heterocycles. The van der Waals surface area contributed by atoms with Crippen molar-refractivity contribution in [3.05, 3.63) is 12.2 Å². The molecule has 0 radical (unpaired) electrons. The topological polar surface area (TPSA) is 304 Å². The van der Waals surface area contributed by atoms with Gasteiger partial charge in [0.15, 0.2) is 18.9 Å². The number of ether oxygens (including phenoxy) is 6. The minimum Gasteiger partial charge on any atom is -0.481 e. The number of carboxylic acids is 1. The molecular weight excluding hydrogens is 830 g/mol.